The number of rotatable bonds is 7. The molecule has 0 atom stereocenters. The molecule has 7 nitrogen and oxygen atoms in total. The van der Waals surface area contributed by atoms with E-state index in [0.717, 1.165) is 27.4 Å². The number of amides is 1. The van der Waals surface area contributed by atoms with Crippen LogP contribution in [0.3, 0.4) is 0 Å². The van der Waals surface area contributed by atoms with Crippen molar-refractivity contribution in [2.75, 3.05) is 24.1 Å². The summed E-state index contributed by atoms with van der Waals surface area (Å²) in [5.41, 5.74) is -1.84. The SMILES string of the molecule is CCOC(=O)C(C)(C)CN1CN(S(=O)(=O)c2cccc(C(F)(F)F)c2)c2cc(-c3cccc(C)c3F)ccc2C1=O. The zero-order chi connectivity index (χ0) is 30.3. The minimum absolute atomic E-state index is 0.0803. The van der Waals surface area contributed by atoms with Crippen LogP contribution >= 0.6 is 0 Å². The number of benzene rings is 3. The van der Waals surface area contributed by atoms with Gasteiger partial charge in [-0.25, -0.2) is 17.1 Å². The first-order valence-electron chi connectivity index (χ1n) is 12.6. The van der Waals surface area contributed by atoms with Crippen LogP contribution in [0.5, 0.6) is 0 Å². The molecule has 0 saturated carbocycles. The van der Waals surface area contributed by atoms with Gasteiger partial charge >= 0.3 is 12.1 Å². The lowest BCUT2D eigenvalue weighted by molar-refractivity contribution is -0.154. The summed E-state index contributed by atoms with van der Waals surface area (Å²) in [7, 11) is -4.69. The number of esters is 1. The van der Waals surface area contributed by atoms with Crippen LogP contribution < -0.4 is 4.31 Å². The summed E-state index contributed by atoms with van der Waals surface area (Å²) in [6.07, 6.45) is -4.80. The van der Waals surface area contributed by atoms with Gasteiger partial charge in [0, 0.05) is 12.1 Å². The molecule has 1 aliphatic heterocycles. The average molecular weight is 593 g/mol. The Hall–Kier alpha value is -3.93. The van der Waals surface area contributed by atoms with E-state index in [9.17, 15) is 35.6 Å². The number of ether oxygens (including phenoxy) is 1. The van der Waals surface area contributed by atoms with Gasteiger partial charge in [-0.15, -0.1) is 0 Å². The molecule has 1 amide bonds. The van der Waals surface area contributed by atoms with Gasteiger partial charge in [-0.1, -0.05) is 30.3 Å². The molecule has 218 valence electrons. The number of sulfonamides is 1. The summed E-state index contributed by atoms with van der Waals surface area (Å²) in [6.45, 7) is 5.49. The van der Waals surface area contributed by atoms with Crippen molar-refractivity contribution in [2.24, 2.45) is 5.41 Å². The number of hydrogen-bond donors (Lipinski definition) is 0. The lowest BCUT2D eigenvalue weighted by atomic mass is 9.92. The van der Waals surface area contributed by atoms with Crippen LogP contribution in [-0.2, 0) is 25.7 Å². The minimum atomic E-state index is -4.80. The molecular formula is C29H28F4N2O5S. The second-order valence-electron chi connectivity index (χ2n) is 10.3. The van der Waals surface area contributed by atoms with Crippen LogP contribution in [-0.4, -0.2) is 45.0 Å². The van der Waals surface area contributed by atoms with E-state index in [1.54, 1.807) is 26.0 Å². The predicted octanol–water partition coefficient (Wildman–Crippen LogP) is 6.02. The molecule has 3 aromatic rings. The molecule has 0 aromatic heterocycles. The van der Waals surface area contributed by atoms with Crippen molar-refractivity contribution >= 4 is 27.6 Å². The average Bonchev–Trinajstić information content (AvgIpc) is 2.91. The zero-order valence-corrected chi connectivity index (χ0v) is 23.6. The van der Waals surface area contributed by atoms with Crippen molar-refractivity contribution in [3.8, 4) is 11.1 Å². The Morgan fingerprint density at radius 1 is 1.00 bits per heavy atom. The third kappa shape index (κ3) is 5.79. The number of anilines is 1. The van der Waals surface area contributed by atoms with Crippen molar-refractivity contribution < 1.29 is 40.3 Å². The highest BCUT2D eigenvalue weighted by Gasteiger charge is 2.41. The molecule has 0 unspecified atom stereocenters. The largest absolute Gasteiger partial charge is 0.466 e. The fraction of sp³-hybridized carbons (Fsp3) is 0.310. The smallest absolute Gasteiger partial charge is 0.416 e. The first-order chi connectivity index (χ1) is 19.1. The molecule has 0 bridgehead atoms. The van der Waals surface area contributed by atoms with Crippen LogP contribution in [0.2, 0.25) is 0 Å². The van der Waals surface area contributed by atoms with E-state index >= 15 is 0 Å². The van der Waals surface area contributed by atoms with Crippen molar-refractivity contribution in [1.82, 2.24) is 4.90 Å². The number of halogens is 4. The van der Waals surface area contributed by atoms with Gasteiger partial charge in [0.05, 0.1) is 33.7 Å². The van der Waals surface area contributed by atoms with Crippen molar-refractivity contribution in [3.63, 3.8) is 0 Å². The van der Waals surface area contributed by atoms with E-state index in [1.165, 1.54) is 38.1 Å². The second-order valence-corrected chi connectivity index (χ2v) is 12.2. The Morgan fingerprint density at radius 3 is 2.34 bits per heavy atom. The number of aryl methyl sites for hydroxylation is 1. The number of hydrogen-bond acceptors (Lipinski definition) is 5. The van der Waals surface area contributed by atoms with E-state index in [0.29, 0.717) is 11.6 Å². The van der Waals surface area contributed by atoms with Crippen molar-refractivity contribution in [3.05, 3.63) is 83.2 Å². The highest BCUT2D eigenvalue weighted by Crippen LogP contribution is 2.39. The van der Waals surface area contributed by atoms with Gasteiger partial charge in [0.1, 0.15) is 12.5 Å². The Kier molecular flexibility index (Phi) is 7.92. The number of carbonyl (C=O) groups is 2. The summed E-state index contributed by atoms with van der Waals surface area (Å²) in [5, 5.41) is 0. The van der Waals surface area contributed by atoms with Gasteiger partial charge < -0.3 is 9.64 Å². The van der Waals surface area contributed by atoms with E-state index in [4.69, 9.17) is 4.74 Å². The van der Waals surface area contributed by atoms with E-state index < -0.39 is 56.4 Å². The third-order valence-corrected chi connectivity index (χ3v) is 8.49. The lowest BCUT2D eigenvalue weighted by Gasteiger charge is -2.40. The maximum absolute atomic E-state index is 15.0. The summed E-state index contributed by atoms with van der Waals surface area (Å²) in [6, 6.07) is 12.1. The first kappa shape index (κ1) is 30.0. The lowest BCUT2D eigenvalue weighted by Crippen LogP contribution is -2.53. The summed E-state index contributed by atoms with van der Waals surface area (Å²) >= 11 is 0. The molecule has 41 heavy (non-hydrogen) atoms. The summed E-state index contributed by atoms with van der Waals surface area (Å²) < 4.78 is 89.0. The molecule has 0 aliphatic carbocycles. The highest BCUT2D eigenvalue weighted by atomic mass is 32.2. The van der Waals surface area contributed by atoms with Gasteiger partial charge in [-0.05, 0) is 69.2 Å². The monoisotopic (exact) mass is 592 g/mol. The molecule has 1 aliphatic rings. The highest BCUT2D eigenvalue weighted by molar-refractivity contribution is 7.92. The van der Waals surface area contributed by atoms with Crippen LogP contribution in [0, 0.1) is 18.2 Å². The van der Waals surface area contributed by atoms with Crippen LogP contribution in [0.1, 0.15) is 42.3 Å². The molecule has 0 spiro atoms. The Balaban J connectivity index is 1.88. The van der Waals surface area contributed by atoms with Gasteiger partial charge in [0.15, 0.2) is 0 Å². The van der Waals surface area contributed by atoms with Crippen LogP contribution in [0.25, 0.3) is 11.1 Å². The van der Waals surface area contributed by atoms with E-state index in [1.807, 2.05) is 0 Å². The maximum atomic E-state index is 15.0. The predicted molar refractivity (Wildman–Crippen MR) is 144 cm³/mol. The van der Waals surface area contributed by atoms with Gasteiger partial charge in [-0.2, -0.15) is 13.2 Å². The zero-order valence-electron chi connectivity index (χ0n) is 22.8. The molecule has 0 saturated heterocycles. The standard InChI is InChI=1S/C29H28F4N2O5S/c1-5-40-27(37)28(3,4)16-34-17-35(41(38,39)21-10-7-9-20(15-21)29(31,32)33)24-14-19(12-13-23(24)26(34)36)22-11-6-8-18(2)25(22)30/h6-15H,5,16-17H2,1-4H3. The molecule has 0 N–H and O–H groups in total. The van der Waals surface area contributed by atoms with Gasteiger partial charge in [-0.3, -0.25) is 9.59 Å². The molecular weight excluding hydrogens is 564 g/mol. The summed E-state index contributed by atoms with van der Waals surface area (Å²) in [4.78, 5) is 26.6. The molecule has 0 fully saturated rings. The maximum Gasteiger partial charge on any atom is 0.416 e. The van der Waals surface area contributed by atoms with E-state index in [2.05, 4.69) is 0 Å². The van der Waals surface area contributed by atoms with Crippen molar-refractivity contribution in [1.29, 1.82) is 0 Å². The Morgan fingerprint density at radius 2 is 1.68 bits per heavy atom. The summed E-state index contributed by atoms with van der Waals surface area (Å²) in [5.74, 6) is -1.76. The number of carbonyl (C=O) groups excluding carboxylic acids is 2. The quantitative estimate of drug-likeness (QED) is 0.248. The van der Waals surface area contributed by atoms with Crippen LogP contribution in [0.15, 0.2) is 65.6 Å². The molecule has 4 rings (SSSR count). The number of alkyl halides is 3. The van der Waals surface area contributed by atoms with Crippen LogP contribution in [0.4, 0.5) is 23.2 Å². The third-order valence-electron chi connectivity index (χ3n) is 6.75. The normalized spacial score (nSPS) is 14.2. The van der Waals surface area contributed by atoms with Gasteiger partial charge in [0.25, 0.3) is 15.9 Å². The molecule has 3 aromatic carbocycles. The molecule has 1 heterocycles. The first-order valence-corrected chi connectivity index (χ1v) is 14.1. The van der Waals surface area contributed by atoms with E-state index in [-0.39, 0.29) is 35.5 Å². The molecule has 0 radical (unpaired) electrons. The second kappa shape index (κ2) is 10.8. The van der Waals surface area contributed by atoms with Gasteiger partial charge in [0.2, 0.25) is 0 Å². The fourth-order valence-electron chi connectivity index (χ4n) is 4.58. The Bertz CT molecular complexity index is 1620. The Labute approximate surface area is 235 Å². The number of fused-ring (bicyclic) bond motifs is 1. The molecule has 12 heteroatoms. The number of nitrogens with zero attached hydrogens (tertiary/aromatic N) is 2. The minimum Gasteiger partial charge on any atom is -0.466 e. The topological polar surface area (TPSA) is 84.0 Å². The fourth-order valence-corrected chi connectivity index (χ4v) is 6.06. The van der Waals surface area contributed by atoms with Crippen molar-refractivity contribution in [2.45, 2.75) is 38.8 Å².